The molecule has 0 aliphatic carbocycles. The minimum atomic E-state index is -1.69. The van der Waals surface area contributed by atoms with Gasteiger partial charge in [0, 0.05) is 37.5 Å². The van der Waals surface area contributed by atoms with Crippen molar-refractivity contribution < 1.29 is 8.78 Å². The minimum Gasteiger partial charge on any atom is -0.328 e. The number of hydrogen-bond acceptors (Lipinski definition) is 1. The maximum Gasteiger partial charge on any atom is 0.130 e. The monoisotopic (exact) mass is 557 g/mol. The largest absolute Gasteiger partial charge is 0.328 e. The van der Waals surface area contributed by atoms with Crippen LogP contribution in [0.1, 0.15) is 69.2 Å². The van der Waals surface area contributed by atoms with E-state index in [9.17, 15) is 0 Å². The van der Waals surface area contributed by atoms with Crippen molar-refractivity contribution in [2.45, 2.75) is 117 Å². The van der Waals surface area contributed by atoms with Crippen molar-refractivity contribution in [3.8, 4) is 0 Å². The highest BCUT2D eigenvalue weighted by Gasteiger charge is 2.70. The van der Waals surface area contributed by atoms with E-state index in [1.54, 1.807) is 6.92 Å². The summed E-state index contributed by atoms with van der Waals surface area (Å²) in [6, 6.07) is 0. The van der Waals surface area contributed by atoms with E-state index < -0.39 is 42.3 Å². The first-order valence-corrected chi connectivity index (χ1v) is 14.2. The van der Waals surface area contributed by atoms with Gasteiger partial charge in [-0.3, -0.25) is 0 Å². The van der Waals surface area contributed by atoms with Crippen LogP contribution in [0.2, 0.25) is 0 Å². The lowest BCUT2D eigenvalue weighted by Gasteiger charge is -2.67. The molecule has 0 saturated carbocycles. The molecule has 0 spiro atoms. The lowest BCUT2D eigenvalue weighted by Crippen LogP contribution is -2.76. The summed E-state index contributed by atoms with van der Waals surface area (Å²) in [6.45, 7) is 19.0. The molecule has 0 fully saturated rings. The molecule has 0 aromatic carbocycles. The Labute approximate surface area is 202 Å². The van der Waals surface area contributed by atoms with Gasteiger partial charge in [-0.1, -0.05) is 55.4 Å². The van der Waals surface area contributed by atoms with Gasteiger partial charge < -0.3 is 5.73 Å². The van der Waals surface area contributed by atoms with E-state index in [0.717, 1.165) is 0 Å². The quantitative estimate of drug-likeness (QED) is 0.354. The minimum absolute atomic E-state index is 0.121. The molecule has 0 aromatic rings. The predicted molar refractivity (Wildman–Crippen MR) is 161 cm³/mol. The molecular formula is C20H48F2NP7. The highest BCUT2D eigenvalue weighted by atomic mass is 31.0. The second-order valence-corrected chi connectivity index (χ2v) is 19.7. The molecule has 182 valence electrons. The first-order chi connectivity index (χ1) is 12.6. The fourth-order valence-electron chi connectivity index (χ4n) is 4.02. The molecule has 0 amide bonds. The number of halogens is 2. The maximum absolute atomic E-state index is 17.3. The van der Waals surface area contributed by atoms with Crippen LogP contribution in [-0.4, -0.2) is 54.0 Å². The number of rotatable bonds is 9. The molecule has 2 N–H and O–H groups in total. The van der Waals surface area contributed by atoms with Crippen molar-refractivity contribution in [2.24, 2.45) is 5.73 Å². The van der Waals surface area contributed by atoms with E-state index in [4.69, 9.17) is 5.73 Å². The van der Waals surface area contributed by atoms with E-state index in [-0.39, 0.29) is 11.7 Å². The first-order valence-electron chi connectivity index (χ1n) is 10.2. The van der Waals surface area contributed by atoms with Crippen molar-refractivity contribution >= 4 is 64.7 Å². The summed E-state index contributed by atoms with van der Waals surface area (Å²) in [6.07, 6.45) is 0. The van der Waals surface area contributed by atoms with Crippen LogP contribution in [0.4, 0.5) is 8.78 Å². The summed E-state index contributed by atoms with van der Waals surface area (Å²) in [4.78, 5) is 0. The number of hydrogen-bond donors (Lipinski definition) is 1. The SMILES string of the molecule is CC(C)(P)C(C)(P)C(C)(P)C(C)(F)C(C)(P)C(C)(P)C(C)(P)C(C)(P)C(C)(F)CN. The Hall–Kier alpha value is 2.83. The fraction of sp³-hybridized carbons (Fsp3) is 1.00. The second kappa shape index (κ2) is 9.05. The molecule has 10 heteroatoms. The van der Waals surface area contributed by atoms with Crippen LogP contribution in [0.15, 0.2) is 0 Å². The van der Waals surface area contributed by atoms with Gasteiger partial charge >= 0.3 is 0 Å². The first kappa shape index (κ1) is 32.8. The third-order valence-electron chi connectivity index (χ3n) is 9.07. The van der Waals surface area contributed by atoms with E-state index in [1.807, 2.05) is 34.6 Å². The average molecular weight is 557 g/mol. The topological polar surface area (TPSA) is 26.0 Å². The summed E-state index contributed by atoms with van der Waals surface area (Å²) in [7, 11) is 19.7. The van der Waals surface area contributed by atoms with Crippen LogP contribution in [0, 0.1) is 0 Å². The summed E-state index contributed by atoms with van der Waals surface area (Å²) in [5, 5.41) is -4.99. The molecule has 15 atom stereocenters. The van der Waals surface area contributed by atoms with Gasteiger partial charge in [0.05, 0.1) is 0 Å². The summed E-state index contributed by atoms with van der Waals surface area (Å²) < 4.78 is 32.9. The summed E-state index contributed by atoms with van der Waals surface area (Å²) >= 11 is 0. The van der Waals surface area contributed by atoms with Gasteiger partial charge in [0.1, 0.15) is 11.3 Å². The zero-order chi connectivity index (χ0) is 25.2. The molecule has 0 bridgehead atoms. The van der Waals surface area contributed by atoms with Gasteiger partial charge in [-0.15, -0.1) is 64.7 Å². The molecule has 0 aliphatic heterocycles. The lowest BCUT2D eigenvalue weighted by atomic mass is 9.61. The predicted octanol–water partition coefficient (Wildman–Crippen LogP) is 5.86. The normalized spacial score (nSPS) is 29.6. The van der Waals surface area contributed by atoms with E-state index in [2.05, 4.69) is 85.4 Å². The van der Waals surface area contributed by atoms with Crippen LogP contribution in [0.3, 0.4) is 0 Å². The Balaban J connectivity index is 6.85. The zero-order valence-corrected chi connectivity index (χ0v) is 28.7. The third kappa shape index (κ3) is 4.53. The molecule has 0 aliphatic rings. The molecule has 0 saturated heterocycles. The Kier molecular flexibility index (Phi) is 9.90. The van der Waals surface area contributed by atoms with E-state index in [0.29, 0.717) is 0 Å². The van der Waals surface area contributed by atoms with E-state index in [1.165, 1.54) is 6.92 Å². The molecule has 0 heterocycles. The molecule has 0 radical (unpaired) electrons. The Bertz CT molecular complexity index is 634. The Morgan fingerprint density at radius 1 is 0.500 bits per heavy atom. The molecular weight excluding hydrogens is 509 g/mol. The summed E-state index contributed by atoms with van der Waals surface area (Å²) in [5.74, 6) is 0. The molecule has 30 heavy (non-hydrogen) atoms. The van der Waals surface area contributed by atoms with Gasteiger partial charge in [-0.05, 0) is 19.0 Å². The van der Waals surface area contributed by atoms with Crippen molar-refractivity contribution in [3.05, 3.63) is 0 Å². The third-order valence-corrected chi connectivity index (χ3v) is 18.6. The van der Waals surface area contributed by atoms with Crippen molar-refractivity contribution in [1.29, 1.82) is 0 Å². The highest BCUT2D eigenvalue weighted by Crippen LogP contribution is 2.67. The summed E-state index contributed by atoms with van der Waals surface area (Å²) in [5.41, 5.74) is 2.45. The maximum atomic E-state index is 17.3. The Morgan fingerprint density at radius 2 is 0.767 bits per heavy atom. The van der Waals surface area contributed by atoms with Gasteiger partial charge in [-0.2, -0.15) is 0 Å². The molecule has 15 unspecified atom stereocenters. The van der Waals surface area contributed by atoms with Gasteiger partial charge in [0.2, 0.25) is 0 Å². The van der Waals surface area contributed by atoms with Crippen molar-refractivity contribution in [3.63, 3.8) is 0 Å². The van der Waals surface area contributed by atoms with Gasteiger partial charge in [-0.25, -0.2) is 8.78 Å². The lowest BCUT2D eigenvalue weighted by molar-refractivity contribution is 0.0307. The van der Waals surface area contributed by atoms with Crippen molar-refractivity contribution in [2.75, 3.05) is 6.54 Å². The smallest absolute Gasteiger partial charge is 0.130 e. The second-order valence-electron chi connectivity index (χ2n) is 11.3. The van der Waals surface area contributed by atoms with Gasteiger partial charge in [0.25, 0.3) is 0 Å². The van der Waals surface area contributed by atoms with Crippen LogP contribution in [0.25, 0.3) is 0 Å². The van der Waals surface area contributed by atoms with Crippen LogP contribution in [-0.2, 0) is 0 Å². The average Bonchev–Trinajstić information content (AvgIpc) is 2.52. The van der Waals surface area contributed by atoms with Gasteiger partial charge in [0.15, 0.2) is 0 Å². The molecule has 0 aromatic heterocycles. The highest BCUT2D eigenvalue weighted by molar-refractivity contribution is 7.31. The fourth-order valence-corrected chi connectivity index (χ4v) is 8.11. The standard InChI is InChI=1S/C20H48F2NP7/c1-12(2,24)15(5,25)17(7,27)14(4,22)18(8,28)20(10,30)19(9,29)16(6,26)13(3,21)11-23/h11,23-30H2,1-10H3. The van der Waals surface area contributed by atoms with E-state index >= 15 is 8.78 Å². The zero-order valence-electron chi connectivity index (χ0n) is 20.6. The van der Waals surface area contributed by atoms with Crippen LogP contribution >= 0.6 is 64.7 Å². The number of alkyl halides is 2. The molecule has 1 nitrogen and oxygen atoms in total. The number of nitrogens with two attached hydrogens (primary N) is 1. The van der Waals surface area contributed by atoms with Crippen LogP contribution < -0.4 is 5.73 Å². The molecule has 0 rings (SSSR count). The van der Waals surface area contributed by atoms with Crippen LogP contribution in [0.5, 0.6) is 0 Å². The Morgan fingerprint density at radius 3 is 1.03 bits per heavy atom. The van der Waals surface area contributed by atoms with Crippen molar-refractivity contribution in [1.82, 2.24) is 0 Å².